The van der Waals surface area contributed by atoms with Gasteiger partial charge in [-0.3, -0.25) is 4.79 Å². The van der Waals surface area contributed by atoms with Gasteiger partial charge in [-0.1, -0.05) is 0 Å². The van der Waals surface area contributed by atoms with E-state index in [1.807, 2.05) is 12.1 Å². The van der Waals surface area contributed by atoms with Crippen molar-refractivity contribution < 1.29 is 9.90 Å². The molecule has 0 aliphatic carbocycles. The molecule has 0 spiro atoms. The fourth-order valence-electron chi connectivity index (χ4n) is 2.28. The summed E-state index contributed by atoms with van der Waals surface area (Å²) in [4.78, 5) is 14.0. The molecule has 5 heteroatoms. The first-order valence-corrected chi connectivity index (χ1v) is 6.63. The van der Waals surface area contributed by atoms with Crippen LogP contribution in [0.1, 0.15) is 16.8 Å². The van der Waals surface area contributed by atoms with E-state index >= 15 is 0 Å². The zero-order chi connectivity index (χ0) is 13.7. The largest absolute Gasteiger partial charge is 0.395 e. The van der Waals surface area contributed by atoms with E-state index in [1.54, 1.807) is 12.1 Å². The summed E-state index contributed by atoms with van der Waals surface area (Å²) < 4.78 is 0. The second kappa shape index (κ2) is 6.54. The number of hydrogen-bond acceptors (Lipinski definition) is 4. The van der Waals surface area contributed by atoms with Crippen LogP contribution in [0.5, 0.6) is 0 Å². The Labute approximate surface area is 113 Å². The maximum atomic E-state index is 11.7. The quantitative estimate of drug-likeness (QED) is 0.725. The fraction of sp³-hybridized carbons (Fsp3) is 0.500. The van der Waals surface area contributed by atoms with Gasteiger partial charge in [-0.05, 0) is 44.3 Å². The number of likely N-dealkylation sites (N-methyl/N-ethyl adjacent to an activating group) is 1. The highest BCUT2D eigenvalue weighted by Gasteiger charge is 2.18. The van der Waals surface area contributed by atoms with E-state index < -0.39 is 0 Å². The number of benzene rings is 1. The Balaban J connectivity index is 1.89. The lowest BCUT2D eigenvalue weighted by Gasteiger charge is -2.14. The maximum absolute atomic E-state index is 11.7. The third-order valence-corrected chi connectivity index (χ3v) is 3.31. The second-order valence-corrected chi connectivity index (χ2v) is 4.95. The fourth-order valence-corrected chi connectivity index (χ4v) is 2.28. The number of anilines is 1. The lowest BCUT2D eigenvalue weighted by atomic mass is 10.1. The summed E-state index contributed by atoms with van der Waals surface area (Å²) in [7, 11) is 2.12. The van der Waals surface area contributed by atoms with Gasteiger partial charge in [0.15, 0.2) is 0 Å². The number of hydrogen-bond donors (Lipinski definition) is 3. The number of carbonyl (C=O) groups excluding carboxylic acids is 1. The third-order valence-electron chi connectivity index (χ3n) is 3.31. The van der Waals surface area contributed by atoms with Crippen molar-refractivity contribution in [2.75, 3.05) is 38.6 Å². The van der Waals surface area contributed by atoms with Crippen molar-refractivity contribution in [3.05, 3.63) is 29.8 Å². The summed E-state index contributed by atoms with van der Waals surface area (Å²) in [5.41, 5.74) is 1.65. The summed E-state index contributed by atoms with van der Waals surface area (Å²) in [6.07, 6.45) is 1.15. The Morgan fingerprint density at radius 3 is 2.74 bits per heavy atom. The van der Waals surface area contributed by atoms with Gasteiger partial charge in [0.1, 0.15) is 0 Å². The average Bonchev–Trinajstić information content (AvgIpc) is 2.82. The van der Waals surface area contributed by atoms with Crippen LogP contribution in [0.25, 0.3) is 0 Å². The number of carbonyl (C=O) groups is 1. The van der Waals surface area contributed by atoms with E-state index in [2.05, 4.69) is 22.6 Å². The molecule has 3 N–H and O–H groups in total. The summed E-state index contributed by atoms with van der Waals surface area (Å²) in [5, 5.41) is 14.8. The van der Waals surface area contributed by atoms with Crippen molar-refractivity contribution in [3.63, 3.8) is 0 Å². The summed E-state index contributed by atoms with van der Waals surface area (Å²) in [6.45, 7) is 2.42. The molecule has 1 aliphatic heterocycles. The van der Waals surface area contributed by atoms with Crippen LogP contribution in [0, 0.1) is 0 Å². The van der Waals surface area contributed by atoms with Crippen molar-refractivity contribution >= 4 is 11.6 Å². The first-order chi connectivity index (χ1) is 9.19. The Morgan fingerprint density at radius 1 is 1.42 bits per heavy atom. The van der Waals surface area contributed by atoms with E-state index in [0.29, 0.717) is 11.6 Å². The zero-order valence-electron chi connectivity index (χ0n) is 11.2. The molecular formula is C14H21N3O2. The van der Waals surface area contributed by atoms with Gasteiger partial charge in [0.25, 0.3) is 5.91 Å². The summed E-state index contributed by atoms with van der Waals surface area (Å²) in [6, 6.07) is 7.93. The highest BCUT2D eigenvalue weighted by atomic mass is 16.3. The number of likely N-dealkylation sites (tertiary alicyclic amines) is 1. The maximum Gasteiger partial charge on any atom is 0.251 e. The van der Waals surface area contributed by atoms with Crippen LogP contribution in [-0.4, -0.2) is 55.2 Å². The molecule has 1 aromatic carbocycles. The molecule has 104 valence electrons. The molecule has 2 rings (SSSR count). The minimum absolute atomic E-state index is 0.0411. The molecule has 0 saturated carbocycles. The normalized spacial score (nSPS) is 19.4. The molecule has 1 atom stereocenters. The topological polar surface area (TPSA) is 64.6 Å². The minimum Gasteiger partial charge on any atom is -0.395 e. The monoisotopic (exact) mass is 263 g/mol. The third kappa shape index (κ3) is 3.94. The Bertz CT molecular complexity index is 419. The molecule has 0 bridgehead atoms. The molecular weight excluding hydrogens is 242 g/mol. The number of aliphatic hydroxyl groups is 1. The van der Waals surface area contributed by atoms with Gasteiger partial charge in [-0.2, -0.15) is 0 Å². The van der Waals surface area contributed by atoms with Gasteiger partial charge in [-0.15, -0.1) is 0 Å². The Morgan fingerprint density at radius 2 is 2.16 bits per heavy atom. The van der Waals surface area contributed by atoms with Crippen LogP contribution < -0.4 is 10.6 Å². The van der Waals surface area contributed by atoms with Gasteiger partial charge in [0, 0.05) is 30.4 Å². The molecule has 1 heterocycles. The molecule has 5 nitrogen and oxygen atoms in total. The van der Waals surface area contributed by atoms with Crippen molar-refractivity contribution in [2.24, 2.45) is 0 Å². The highest BCUT2D eigenvalue weighted by Crippen LogP contribution is 2.15. The predicted octanol–water partition coefficient (Wildman–Crippen LogP) is 0.525. The molecule has 19 heavy (non-hydrogen) atoms. The predicted molar refractivity (Wildman–Crippen MR) is 75.4 cm³/mol. The van der Waals surface area contributed by atoms with Gasteiger partial charge < -0.3 is 20.6 Å². The standard InChI is InChI=1S/C14H21N3O2/c1-17-8-6-13(10-17)16-12-4-2-11(3-5-12)14(19)15-7-9-18/h2-5,13,16,18H,6-10H2,1H3,(H,15,19). The van der Waals surface area contributed by atoms with Crippen molar-refractivity contribution in [3.8, 4) is 0 Å². The van der Waals surface area contributed by atoms with Crippen LogP contribution in [0.3, 0.4) is 0 Å². The molecule has 1 amide bonds. The van der Waals surface area contributed by atoms with Crippen LogP contribution in [-0.2, 0) is 0 Å². The molecule has 1 saturated heterocycles. The average molecular weight is 263 g/mol. The first kappa shape index (κ1) is 13.8. The lowest BCUT2D eigenvalue weighted by molar-refractivity contribution is 0.0945. The lowest BCUT2D eigenvalue weighted by Crippen LogP contribution is -2.26. The van der Waals surface area contributed by atoms with Crippen LogP contribution in [0.4, 0.5) is 5.69 Å². The first-order valence-electron chi connectivity index (χ1n) is 6.63. The molecule has 1 fully saturated rings. The van der Waals surface area contributed by atoms with Gasteiger partial charge in [0.05, 0.1) is 6.61 Å². The molecule has 1 unspecified atom stereocenters. The van der Waals surface area contributed by atoms with Crippen molar-refractivity contribution in [2.45, 2.75) is 12.5 Å². The van der Waals surface area contributed by atoms with E-state index in [9.17, 15) is 4.79 Å². The highest BCUT2D eigenvalue weighted by molar-refractivity contribution is 5.94. The Kier molecular flexibility index (Phi) is 4.76. The van der Waals surface area contributed by atoms with Gasteiger partial charge in [0.2, 0.25) is 0 Å². The van der Waals surface area contributed by atoms with Gasteiger partial charge in [-0.25, -0.2) is 0 Å². The van der Waals surface area contributed by atoms with E-state index in [-0.39, 0.29) is 19.1 Å². The van der Waals surface area contributed by atoms with Crippen LogP contribution in [0.2, 0.25) is 0 Å². The number of aliphatic hydroxyl groups excluding tert-OH is 1. The van der Waals surface area contributed by atoms with Crippen molar-refractivity contribution in [1.29, 1.82) is 0 Å². The summed E-state index contributed by atoms with van der Waals surface area (Å²) >= 11 is 0. The minimum atomic E-state index is -0.152. The van der Waals surface area contributed by atoms with E-state index in [4.69, 9.17) is 5.11 Å². The second-order valence-electron chi connectivity index (χ2n) is 4.95. The molecule has 0 radical (unpaired) electrons. The number of amides is 1. The summed E-state index contributed by atoms with van der Waals surface area (Å²) in [5.74, 6) is -0.152. The SMILES string of the molecule is CN1CCC(Nc2ccc(C(=O)NCCO)cc2)C1. The molecule has 0 aromatic heterocycles. The van der Waals surface area contributed by atoms with E-state index in [1.165, 1.54) is 0 Å². The van der Waals surface area contributed by atoms with Crippen molar-refractivity contribution in [1.82, 2.24) is 10.2 Å². The Hall–Kier alpha value is -1.59. The number of nitrogens with one attached hydrogen (secondary N) is 2. The van der Waals surface area contributed by atoms with Crippen LogP contribution in [0.15, 0.2) is 24.3 Å². The number of rotatable bonds is 5. The number of nitrogens with zero attached hydrogens (tertiary/aromatic N) is 1. The van der Waals surface area contributed by atoms with Gasteiger partial charge >= 0.3 is 0 Å². The molecule has 1 aromatic rings. The zero-order valence-corrected chi connectivity index (χ0v) is 11.2. The van der Waals surface area contributed by atoms with E-state index in [0.717, 1.165) is 25.2 Å². The molecule has 1 aliphatic rings. The smallest absolute Gasteiger partial charge is 0.251 e. The van der Waals surface area contributed by atoms with Crippen LogP contribution >= 0.6 is 0 Å².